The molecule has 5 rings (SSSR count). The predicted molar refractivity (Wildman–Crippen MR) is 358 cm³/mol. The van der Waals surface area contributed by atoms with E-state index in [9.17, 15) is 33.2 Å². The van der Waals surface area contributed by atoms with Crippen molar-refractivity contribution in [1.82, 2.24) is 30.7 Å². The summed E-state index contributed by atoms with van der Waals surface area (Å²) in [5.74, 6) is -0.892. The summed E-state index contributed by atoms with van der Waals surface area (Å²) in [5.41, 5.74) is 31.8. The number of amides is 7. The highest BCUT2D eigenvalue weighted by molar-refractivity contribution is 7.99. The van der Waals surface area contributed by atoms with Gasteiger partial charge in [0.25, 0.3) is 0 Å². The fourth-order valence-corrected chi connectivity index (χ4v) is 8.23. The van der Waals surface area contributed by atoms with E-state index >= 15 is 0 Å². The van der Waals surface area contributed by atoms with Crippen molar-refractivity contribution >= 4 is 83.8 Å². The molecular weight excluding hydrogens is 1150 g/mol. The number of ketones is 1. The Morgan fingerprint density at radius 3 is 1.89 bits per heavy atom. The Bertz CT molecular complexity index is 2420. The molecule has 13 N–H and O–H groups in total. The average Bonchev–Trinajstić information content (AvgIpc) is 2.60. The summed E-state index contributed by atoms with van der Waals surface area (Å²) < 4.78 is 24.9. The third-order valence-corrected chi connectivity index (χ3v) is 12.2. The van der Waals surface area contributed by atoms with E-state index in [1.54, 1.807) is 19.4 Å². The topological polar surface area (TPSA) is 358 Å². The quantitative estimate of drug-likeness (QED) is 0.0240. The molecule has 1 atom stereocenters. The first-order chi connectivity index (χ1) is 42.4. The molecule has 2 heterocycles. The van der Waals surface area contributed by atoms with E-state index in [4.69, 9.17) is 34.6 Å². The maximum atomic E-state index is 14.6. The number of hydrogen-bond donors (Lipinski definition) is 8. The number of aromatic nitrogens is 1. The number of methoxy groups -OCH3 is 1. The van der Waals surface area contributed by atoms with Crippen molar-refractivity contribution < 1.29 is 57.0 Å². The van der Waals surface area contributed by atoms with Crippen molar-refractivity contribution in [3.8, 4) is 0 Å². The van der Waals surface area contributed by atoms with Crippen molar-refractivity contribution in [3.63, 3.8) is 0 Å². The molecule has 0 radical (unpaired) electrons. The third kappa shape index (κ3) is 39.0. The van der Waals surface area contributed by atoms with Gasteiger partial charge in [-0.25, -0.2) is 14.2 Å². The Kier molecular flexibility index (Phi) is 66.1. The number of carbonyl (C=O) groups excluding carboxylic acids is 9. The van der Waals surface area contributed by atoms with E-state index in [0.29, 0.717) is 25.0 Å². The van der Waals surface area contributed by atoms with Crippen molar-refractivity contribution in [2.45, 2.75) is 166 Å². The molecule has 3 aromatic rings. The zero-order valence-corrected chi connectivity index (χ0v) is 56.9. The van der Waals surface area contributed by atoms with Gasteiger partial charge in [-0.1, -0.05) is 120 Å². The minimum Gasteiger partial charge on any atom is -0.380 e. The van der Waals surface area contributed by atoms with Gasteiger partial charge in [0.15, 0.2) is 11.7 Å². The number of Topliss-reactive ketones (excluding diaryl/α,β-unsaturated/α-hetero) is 1. The summed E-state index contributed by atoms with van der Waals surface area (Å²) in [6.07, 6.45) is 12.0. The second kappa shape index (κ2) is 63.1. The molecule has 1 aliphatic carbocycles. The van der Waals surface area contributed by atoms with Gasteiger partial charge in [0.2, 0.25) is 31.0 Å². The number of nitrogens with zero attached hydrogens (tertiary/aromatic N) is 3. The predicted octanol–water partition coefficient (Wildman–Crippen LogP) is 7.93. The molecule has 0 fully saturated rings. The van der Waals surface area contributed by atoms with Crippen molar-refractivity contribution in [3.05, 3.63) is 92.9 Å². The van der Waals surface area contributed by atoms with Gasteiger partial charge in [-0.15, -0.1) is 11.8 Å². The van der Waals surface area contributed by atoms with Gasteiger partial charge in [-0.2, -0.15) is 0 Å². The molecule has 1 aromatic heterocycles. The van der Waals surface area contributed by atoms with Crippen LogP contribution in [0.4, 0.5) is 9.18 Å². The van der Waals surface area contributed by atoms with E-state index < -0.39 is 11.5 Å². The first kappa shape index (κ1) is 92.2. The Morgan fingerprint density at radius 1 is 0.830 bits per heavy atom. The SMILES string of the molecule is CC.CC.CC.CC.CCCC(/C=C1/c2nc3cc(F)c(C)c4c3c(c2CN1C)CCC4)=C(/C=O)COC.CCNCN(C(=O)CC(C)C)C(=O)NCCC(=O)CCC(=O)NCOC(C=O)SC.CN.NC=O.NC=O.NC=O.NCCc1ccccc1. The van der Waals surface area contributed by atoms with E-state index in [-0.39, 0.29) is 94.2 Å². The van der Waals surface area contributed by atoms with Gasteiger partial charge < -0.3 is 53.7 Å². The van der Waals surface area contributed by atoms with Crippen LogP contribution >= 0.6 is 11.8 Å². The number of benzene rings is 2. The lowest BCUT2D eigenvalue weighted by Crippen LogP contribution is -2.48. The minimum atomic E-state index is -0.643. The molecule has 0 saturated carbocycles. The average molecular weight is 1260 g/mol. The molecule has 7 amide bonds. The fourth-order valence-electron chi connectivity index (χ4n) is 7.91. The van der Waals surface area contributed by atoms with Crippen LogP contribution in [0.1, 0.15) is 162 Å². The number of hydrogen-bond acceptors (Lipinski definition) is 17. The molecule has 88 heavy (non-hydrogen) atoms. The third-order valence-electron chi connectivity index (χ3n) is 11.5. The number of primary amides is 3. The summed E-state index contributed by atoms with van der Waals surface area (Å²) >= 11 is 1.20. The number of allylic oxidation sites excluding steroid dienone is 2. The van der Waals surface area contributed by atoms with Crippen LogP contribution in [0.3, 0.4) is 0 Å². The summed E-state index contributed by atoms with van der Waals surface area (Å²) in [6, 6.07) is 11.3. The number of urea groups is 1. The molecule has 2 aromatic carbocycles. The number of aldehydes is 2. The molecule has 0 saturated heterocycles. The van der Waals surface area contributed by atoms with Gasteiger partial charge in [0.1, 0.15) is 24.6 Å². The normalized spacial score (nSPS) is 11.6. The van der Waals surface area contributed by atoms with Crippen molar-refractivity contribution in [2.75, 3.05) is 67.1 Å². The number of aryl methyl sites for hydroxylation is 2. The lowest BCUT2D eigenvalue weighted by molar-refractivity contribution is -0.129. The fraction of sp³-hybridized carbons (Fsp3) is 0.562. The second-order valence-corrected chi connectivity index (χ2v) is 18.6. The number of carbonyl (C=O) groups is 9. The van der Waals surface area contributed by atoms with Gasteiger partial charge in [-0.3, -0.25) is 48.6 Å². The second-order valence-electron chi connectivity index (χ2n) is 17.6. The van der Waals surface area contributed by atoms with E-state index in [2.05, 4.69) is 76.0 Å². The summed E-state index contributed by atoms with van der Waals surface area (Å²) in [7, 11) is 5.16. The smallest absolute Gasteiger partial charge is 0.325 e. The summed E-state index contributed by atoms with van der Waals surface area (Å²) in [4.78, 5) is 104. The number of fused-ring (bicyclic) bond motifs is 2. The molecule has 1 aliphatic heterocycles. The number of imide groups is 1. The molecule has 24 heteroatoms. The number of ether oxygens (including phenoxy) is 2. The maximum absolute atomic E-state index is 14.6. The molecule has 22 nitrogen and oxygen atoms in total. The zero-order chi connectivity index (χ0) is 69.0. The molecule has 502 valence electrons. The number of halogens is 1. The highest BCUT2D eigenvalue weighted by atomic mass is 32.2. The molecular formula is C64H112FN11O11S. The first-order valence-electron chi connectivity index (χ1n) is 30.1. The van der Waals surface area contributed by atoms with Crippen LogP contribution < -0.4 is 44.6 Å². The summed E-state index contributed by atoms with van der Waals surface area (Å²) in [5, 5.41) is 9.15. The van der Waals surface area contributed by atoms with Gasteiger partial charge >= 0.3 is 6.03 Å². The minimum absolute atomic E-state index is 0.0133. The Labute approximate surface area is 530 Å². The zero-order valence-electron chi connectivity index (χ0n) is 56.1. The highest BCUT2D eigenvalue weighted by Gasteiger charge is 2.31. The lowest BCUT2D eigenvalue weighted by Gasteiger charge is -2.22. The number of nitrogens with one attached hydrogen (secondary N) is 3. The van der Waals surface area contributed by atoms with Crippen LogP contribution in [-0.4, -0.2) is 143 Å². The van der Waals surface area contributed by atoms with Crippen LogP contribution in [0.25, 0.3) is 16.6 Å². The van der Waals surface area contributed by atoms with Gasteiger partial charge in [0, 0.05) is 75.5 Å². The van der Waals surface area contributed by atoms with Crippen LogP contribution in [0, 0.1) is 18.7 Å². The van der Waals surface area contributed by atoms with E-state index in [0.717, 1.165) is 102 Å². The molecule has 1 unspecified atom stereocenters. The number of nitrogens with two attached hydrogens (primary N) is 5. The van der Waals surface area contributed by atoms with Crippen molar-refractivity contribution in [2.24, 2.45) is 34.6 Å². The molecule has 0 bridgehead atoms. The van der Waals surface area contributed by atoms with Crippen LogP contribution in [0.15, 0.2) is 53.6 Å². The van der Waals surface area contributed by atoms with Crippen LogP contribution in [0.5, 0.6) is 0 Å². The number of thioether (sulfide) groups is 1. The van der Waals surface area contributed by atoms with E-state index in [1.807, 2.05) is 101 Å². The van der Waals surface area contributed by atoms with Gasteiger partial charge in [0.05, 0.1) is 30.2 Å². The highest BCUT2D eigenvalue weighted by Crippen LogP contribution is 2.41. The lowest BCUT2D eigenvalue weighted by atomic mass is 9.85. The summed E-state index contributed by atoms with van der Waals surface area (Å²) in [6.45, 7) is 28.1. The monoisotopic (exact) mass is 1260 g/mol. The Hall–Kier alpha value is -6.96. The largest absolute Gasteiger partial charge is 0.380 e. The van der Waals surface area contributed by atoms with E-state index in [1.165, 1.54) is 35.5 Å². The van der Waals surface area contributed by atoms with Crippen LogP contribution in [-0.2, 0) is 73.6 Å². The van der Waals surface area contributed by atoms with Gasteiger partial charge in [-0.05, 0) is 105 Å². The van der Waals surface area contributed by atoms with Crippen molar-refractivity contribution in [1.29, 1.82) is 0 Å². The number of rotatable bonds is 24. The molecule has 0 spiro atoms. The Balaban J connectivity index is -0.000000269. The van der Waals surface area contributed by atoms with Crippen LogP contribution in [0.2, 0.25) is 0 Å². The number of pyridine rings is 1. The first-order valence-corrected chi connectivity index (χ1v) is 31.4. The Morgan fingerprint density at radius 2 is 1.40 bits per heavy atom. The molecule has 2 aliphatic rings. The standard InChI is InChI=1S/C25H29FN2O2.C19H34N4O6S.C8H11N.4C2H6.3CH3NO.CH5N/c1-5-7-16(17(13-29)14-30-4)10-23-25-20(12-28(23)3)19-9-6-8-18-15(2)21(26)11-22(27-25)24(18)19;1-5-20-12-23(17(27)10-14(2)3)19(28)21-9-8-15(25)6-7-16(26)22-13-29-18(11-24)30-4;9-7-6-8-4-2-1-3-5-8;4*1-2;3*2-1-3;1-2/h10-11,13H,5-9,12,14H2,1-4H3;11,14,18,20H,5-10,12-13H2,1-4H3,(H,21,28)(H,22,26);1-5H,6-7,9H2;4*1-2H3;3*1H,(H2,2,3);2H2,1H3/b17-16+,23-10-;;;;;;;;;;. The maximum Gasteiger partial charge on any atom is 0.325 e.